The Morgan fingerprint density at radius 2 is 1.94 bits per heavy atom. The van der Waals surface area contributed by atoms with Gasteiger partial charge in [-0.25, -0.2) is 8.42 Å². The molecule has 0 aromatic rings. The van der Waals surface area contributed by atoms with E-state index in [-0.39, 0.29) is 23.9 Å². The first-order chi connectivity index (χ1) is 15.6. The van der Waals surface area contributed by atoms with E-state index in [2.05, 4.69) is 31.7 Å². The van der Waals surface area contributed by atoms with Crippen molar-refractivity contribution in [3.63, 3.8) is 0 Å². The minimum atomic E-state index is -4.56. The van der Waals surface area contributed by atoms with Crippen LogP contribution >= 0.6 is 0 Å². The molecule has 0 bridgehead atoms. The Labute approximate surface area is 205 Å². The van der Waals surface area contributed by atoms with Gasteiger partial charge in [0.05, 0.1) is 10.9 Å². The van der Waals surface area contributed by atoms with Gasteiger partial charge < -0.3 is 5.11 Å². The lowest BCUT2D eigenvalue weighted by molar-refractivity contribution is 0.0723. The fourth-order valence-electron chi connectivity index (χ4n) is 6.13. The van der Waals surface area contributed by atoms with Gasteiger partial charge in [-0.05, 0) is 95.0 Å². The summed E-state index contributed by atoms with van der Waals surface area (Å²) in [6.45, 7) is 12.4. The molecule has 3 aliphatic carbocycles. The lowest BCUT2D eigenvalue weighted by atomic mass is 9.62. The highest BCUT2D eigenvalue weighted by Crippen LogP contribution is 2.57. The number of fused-ring (bicyclic) bond motifs is 1. The number of allylic oxidation sites excluding steroid dienone is 6. The van der Waals surface area contributed by atoms with Crippen LogP contribution in [0.3, 0.4) is 0 Å². The van der Waals surface area contributed by atoms with Crippen molar-refractivity contribution in [1.29, 1.82) is 0 Å². The number of rotatable bonds is 6. The van der Waals surface area contributed by atoms with Crippen LogP contribution in [-0.2, 0) is 9.84 Å². The standard InChI is InChI=1S/C28H42F2O3S/c1-19-9-12-23(31)18-22(19)11-10-21-8-7-16-27(6)24(13-14-25(21)27)20(2)15-17-28(29,30)34(32,33)26(3,4)5/h10-11,13,20,23,25,31H,1,7-9,12,14-18H2,2-6H3. The number of alkyl halides is 2. The first-order valence-electron chi connectivity index (χ1n) is 12.7. The van der Waals surface area contributed by atoms with Crippen LogP contribution < -0.4 is 0 Å². The highest BCUT2D eigenvalue weighted by atomic mass is 32.2. The van der Waals surface area contributed by atoms with Gasteiger partial charge in [-0.1, -0.05) is 55.4 Å². The average Bonchev–Trinajstić information content (AvgIpc) is 3.09. The Kier molecular flexibility index (Phi) is 7.75. The van der Waals surface area contributed by atoms with Crippen LogP contribution in [0, 0.1) is 17.3 Å². The predicted octanol–water partition coefficient (Wildman–Crippen LogP) is 7.30. The zero-order valence-corrected chi connectivity index (χ0v) is 22.3. The van der Waals surface area contributed by atoms with E-state index >= 15 is 0 Å². The van der Waals surface area contributed by atoms with E-state index in [1.54, 1.807) is 0 Å². The third kappa shape index (κ3) is 5.13. The molecule has 2 fully saturated rings. The van der Waals surface area contributed by atoms with Crippen molar-refractivity contribution in [2.75, 3.05) is 0 Å². The van der Waals surface area contributed by atoms with E-state index < -0.39 is 26.3 Å². The monoisotopic (exact) mass is 496 g/mol. The van der Waals surface area contributed by atoms with Gasteiger partial charge in [-0.3, -0.25) is 0 Å². The van der Waals surface area contributed by atoms with Crippen LogP contribution in [0.4, 0.5) is 8.78 Å². The van der Waals surface area contributed by atoms with Gasteiger partial charge in [-0.2, -0.15) is 8.78 Å². The largest absolute Gasteiger partial charge is 0.393 e. The van der Waals surface area contributed by atoms with Gasteiger partial charge >= 0.3 is 5.25 Å². The van der Waals surface area contributed by atoms with Crippen LogP contribution in [0.2, 0.25) is 0 Å². The minimum absolute atomic E-state index is 0.0801. The van der Waals surface area contributed by atoms with E-state index in [4.69, 9.17) is 0 Å². The third-order valence-corrected chi connectivity index (χ3v) is 11.0. The second kappa shape index (κ2) is 9.65. The third-order valence-electron chi connectivity index (χ3n) is 8.40. The fraction of sp³-hybridized carbons (Fsp3) is 0.714. The quantitative estimate of drug-likeness (QED) is 0.393. The van der Waals surface area contributed by atoms with Crippen molar-refractivity contribution in [1.82, 2.24) is 0 Å². The summed E-state index contributed by atoms with van der Waals surface area (Å²) in [5.41, 5.74) is 4.74. The predicted molar refractivity (Wildman–Crippen MR) is 135 cm³/mol. The maximum absolute atomic E-state index is 14.7. The summed E-state index contributed by atoms with van der Waals surface area (Å²) in [6, 6.07) is 0. The van der Waals surface area contributed by atoms with Gasteiger partial charge in [0.2, 0.25) is 9.84 Å². The first-order valence-corrected chi connectivity index (χ1v) is 14.2. The molecule has 0 amide bonds. The molecule has 6 heteroatoms. The molecule has 2 saturated carbocycles. The maximum atomic E-state index is 14.7. The number of hydrogen-bond donors (Lipinski definition) is 1. The molecule has 3 aliphatic rings. The van der Waals surface area contributed by atoms with Gasteiger partial charge in [0.15, 0.2) is 0 Å². The molecule has 3 rings (SSSR count). The zero-order chi connectivity index (χ0) is 25.5. The van der Waals surface area contributed by atoms with Gasteiger partial charge in [-0.15, -0.1) is 0 Å². The Bertz CT molecular complexity index is 997. The minimum Gasteiger partial charge on any atom is -0.393 e. The van der Waals surface area contributed by atoms with Gasteiger partial charge in [0.25, 0.3) is 0 Å². The number of sulfone groups is 1. The highest BCUT2D eigenvalue weighted by Gasteiger charge is 2.52. The van der Waals surface area contributed by atoms with Crippen molar-refractivity contribution >= 4 is 9.84 Å². The van der Waals surface area contributed by atoms with E-state index in [9.17, 15) is 22.3 Å². The average molecular weight is 497 g/mol. The van der Waals surface area contributed by atoms with E-state index in [0.717, 1.165) is 49.7 Å². The van der Waals surface area contributed by atoms with Crippen molar-refractivity contribution < 1.29 is 22.3 Å². The van der Waals surface area contributed by atoms with Crippen molar-refractivity contribution in [3.8, 4) is 0 Å². The Balaban J connectivity index is 1.73. The Hall–Kier alpha value is -1.27. The van der Waals surface area contributed by atoms with Crippen LogP contribution in [-0.4, -0.2) is 29.6 Å². The molecule has 0 aromatic carbocycles. The highest BCUT2D eigenvalue weighted by molar-refractivity contribution is 7.93. The molecule has 0 heterocycles. The van der Waals surface area contributed by atoms with Crippen LogP contribution in [0.5, 0.6) is 0 Å². The molecule has 34 heavy (non-hydrogen) atoms. The smallest absolute Gasteiger partial charge is 0.346 e. The second-order valence-electron chi connectivity index (χ2n) is 11.8. The van der Waals surface area contributed by atoms with E-state index in [1.807, 2.05) is 6.92 Å². The molecule has 4 unspecified atom stereocenters. The fourth-order valence-corrected chi connectivity index (χ4v) is 7.42. The van der Waals surface area contributed by atoms with Crippen molar-refractivity contribution in [3.05, 3.63) is 47.1 Å². The van der Waals surface area contributed by atoms with E-state index in [1.165, 1.54) is 31.9 Å². The molecule has 0 aliphatic heterocycles. The summed E-state index contributed by atoms with van der Waals surface area (Å²) >= 11 is 0. The topological polar surface area (TPSA) is 54.4 Å². The second-order valence-corrected chi connectivity index (χ2v) is 14.7. The number of hydrogen-bond acceptors (Lipinski definition) is 3. The number of aliphatic hydroxyl groups is 1. The van der Waals surface area contributed by atoms with Gasteiger partial charge in [0.1, 0.15) is 0 Å². The molecule has 0 aromatic heterocycles. The zero-order valence-electron chi connectivity index (χ0n) is 21.5. The summed E-state index contributed by atoms with van der Waals surface area (Å²) in [7, 11) is -4.56. The molecular weight excluding hydrogens is 454 g/mol. The van der Waals surface area contributed by atoms with Crippen LogP contribution in [0.1, 0.15) is 92.4 Å². The first kappa shape index (κ1) is 27.3. The van der Waals surface area contributed by atoms with Gasteiger partial charge in [0, 0.05) is 6.42 Å². The summed E-state index contributed by atoms with van der Waals surface area (Å²) in [4.78, 5) is 0. The van der Waals surface area contributed by atoms with Crippen molar-refractivity contribution in [2.24, 2.45) is 17.3 Å². The summed E-state index contributed by atoms with van der Waals surface area (Å²) in [5.74, 6) is 0.248. The van der Waals surface area contributed by atoms with E-state index in [0.29, 0.717) is 12.3 Å². The molecule has 3 nitrogen and oxygen atoms in total. The number of halogens is 2. The molecule has 4 atom stereocenters. The Morgan fingerprint density at radius 3 is 2.59 bits per heavy atom. The lowest BCUT2D eigenvalue weighted by Crippen LogP contribution is -2.42. The summed E-state index contributed by atoms with van der Waals surface area (Å²) in [5, 5.41) is 6.30. The molecule has 0 radical (unpaired) electrons. The normalized spacial score (nSPS) is 32.1. The molecule has 0 spiro atoms. The molecule has 192 valence electrons. The molecule has 0 saturated heterocycles. The lowest BCUT2D eigenvalue weighted by Gasteiger charge is -2.42. The molecular formula is C28H42F2O3S. The summed E-state index contributed by atoms with van der Waals surface area (Å²) < 4.78 is 52.7. The van der Waals surface area contributed by atoms with Crippen molar-refractivity contribution in [2.45, 2.75) is 109 Å². The maximum Gasteiger partial charge on any atom is 0.346 e. The molecule has 1 N–H and O–H groups in total. The Morgan fingerprint density at radius 1 is 1.26 bits per heavy atom. The van der Waals surface area contributed by atoms with Crippen LogP contribution in [0.15, 0.2) is 47.1 Å². The SMILES string of the molecule is C=C1CCC(O)CC1=CC=C1CCCC2(C)C(C(C)CCC(F)(F)S(=O)(=O)C(C)(C)C)=CCC12. The van der Waals surface area contributed by atoms with Crippen LogP contribution in [0.25, 0.3) is 0 Å². The number of aliphatic hydroxyl groups excluding tert-OH is 1. The summed E-state index contributed by atoms with van der Waals surface area (Å²) in [6.07, 6.45) is 12.0.